The van der Waals surface area contributed by atoms with E-state index in [1.807, 2.05) is 72.8 Å². The maximum absolute atomic E-state index is 11.3. The molecule has 0 bridgehead atoms. The van der Waals surface area contributed by atoms with Crippen molar-refractivity contribution in [1.29, 1.82) is 0 Å². The number of nitrogens with zero attached hydrogens (tertiary/aromatic N) is 2. The van der Waals surface area contributed by atoms with Gasteiger partial charge in [0.05, 0.1) is 17.6 Å². The van der Waals surface area contributed by atoms with Gasteiger partial charge in [0, 0.05) is 16.7 Å². The lowest BCUT2D eigenvalue weighted by Crippen LogP contribution is -2.14. The van der Waals surface area contributed by atoms with Gasteiger partial charge in [0.2, 0.25) is 0 Å². The van der Waals surface area contributed by atoms with Gasteiger partial charge >= 0.3 is 0 Å². The molecule has 4 aromatic rings. The molecule has 0 unspecified atom stereocenters. The minimum atomic E-state index is -0.582. The van der Waals surface area contributed by atoms with Crippen LogP contribution in [0.4, 0.5) is 0 Å². The smallest absolute Gasteiger partial charge is 0.267 e. The molecular formula is C23H18ClN3O2. The van der Waals surface area contributed by atoms with Crippen molar-refractivity contribution in [3.8, 4) is 11.4 Å². The maximum atomic E-state index is 11.3. The fraction of sp³-hybridized carbons (Fsp3) is 0.0435. The standard InChI is InChI=1S/C23H18ClN3O2/c24-19-9-2-1-7-18(19)15-27-21-11-4-3-10-20(21)25-23(27)17-8-5-6-16(14-17)12-13-22(28)26-29/h1-14,29H,15H2,(H,26,28). The summed E-state index contributed by atoms with van der Waals surface area (Å²) in [5.41, 5.74) is 6.25. The van der Waals surface area contributed by atoms with E-state index in [0.29, 0.717) is 11.6 Å². The molecule has 0 radical (unpaired) electrons. The highest BCUT2D eigenvalue weighted by atomic mass is 35.5. The highest BCUT2D eigenvalue weighted by Gasteiger charge is 2.14. The van der Waals surface area contributed by atoms with E-state index in [0.717, 1.165) is 33.5 Å². The quantitative estimate of drug-likeness (QED) is 0.282. The predicted octanol–water partition coefficient (Wildman–Crippen LogP) is 4.92. The lowest BCUT2D eigenvalue weighted by atomic mass is 10.1. The summed E-state index contributed by atoms with van der Waals surface area (Å²) in [5.74, 6) is 0.231. The number of rotatable bonds is 5. The topological polar surface area (TPSA) is 67.2 Å². The largest absolute Gasteiger partial charge is 0.319 e. The van der Waals surface area contributed by atoms with Gasteiger partial charge in [-0.25, -0.2) is 10.5 Å². The highest BCUT2D eigenvalue weighted by Crippen LogP contribution is 2.28. The zero-order valence-corrected chi connectivity index (χ0v) is 16.2. The zero-order chi connectivity index (χ0) is 20.2. The van der Waals surface area contributed by atoms with Crippen LogP contribution in [-0.4, -0.2) is 20.7 Å². The molecule has 0 aliphatic heterocycles. The first kappa shape index (κ1) is 18.9. The van der Waals surface area contributed by atoms with Crippen molar-refractivity contribution < 1.29 is 10.0 Å². The van der Waals surface area contributed by atoms with Crippen LogP contribution in [-0.2, 0) is 11.3 Å². The Kier molecular flexibility index (Phi) is 5.42. The molecule has 0 aliphatic carbocycles. The molecule has 0 spiro atoms. The summed E-state index contributed by atoms with van der Waals surface area (Å²) in [6, 6.07) is 23.5. The Hall–Kier alpha value is -3.41. The lowest BCUT2D eigenvalue weighted by molar-refractivity contribution is -0.124. The lowest BCUT2D eigenvalue weighted by Gasteiger charge is -2.11. The third kappa shape index (κ3) is 4.06. The maximum Gasteiger partial charge on any atom is 0.267 e. The number of halogens is 1. The third-order valence-electron chi connectivity index (χ3n) is 4.62. The van der Waals surface area contributed by atoms with Gasteiger partial charge in [-0.15, -0.1) is 0 Å². The van der Waals surface area contributed by atoms with E-state index in [9.17, 15) is 4.79 Å². The first-order valence-corrected chi connectivity index (χ1v) is 9.45. The molecule has 0 atom stereocenters. The van der Waals surface area contributed by atoms with Crippen LogP contribution in [0.2, 0.25) is 5.02 Å². The molecule has 0 fully saturated rings. The number of nitrogens with one attached hydrogen (secondary N) is 1. The molecular weight excluding hydrogens is 386 g/mol. The molecule has 6 heteroatoms. The number of benzene rings is 3. The van der Waals surface area contributed by atoms with E-state index < -0.39 is 5.91 Å². The van der Waals surface area contributed by atoms with Crippen LogP contribution in [0.25, 0.3) is 28.5 Å². The predicted molar refractivity (Wildman–Crippen MR) is 115 cm³/mol. The molecule has 5 nitrogen and oxygen atoms in total. The minimum absolute atomic E-state index is 0.582. The van der Waals surface area contributed by atoms with E-state index in [1.54, 1.807) is 11.6 Å². The van der Waals surface area contributed by atoms with Gasteiger partial charge in [-0.2, -0.15) is 0 Å². The van der Waals surface area contributed by atoms with Crippen LogP contribution in [0, 0.1) is 0 Å². The molecule has 29 heavy (non-hydrogen) atoms. The van der Waals surface area contributed by atoms with Gasteiger partial charge in [0.15, 0.2) is 0 Å². The second-order valence-electron chi connectivity index (χ2n) is 6.54. The normalized spacial score (nSPS) is 11.2. The second kappa shape index (κ2) is 8.31. The zero-order valence-electron chi connectivity index (χ0n) is 15.4. The molecule has 0 aliphatic rings. The molecule has 144 valence electrons. The van der Waals surface area contributed by atoms with Gasteiger partial charge in [-0.1, -0.05) is 60.1 Å². The first-order valence-electron chi connectivity index (χ1n) is 9.07. The van der Waals surface area contributed by atoms with Crippen molar-refractivity contribution in [3.63, 3.8) is 0 Å². The van der Waals surface area contributed by atoms with E-state index >= 15 is 0 Å². The van der Waals surface area contributed by atoms with Crippen molar-refractivity contribution in [1.82, 2.24) is 15.0 Å². The second-order valence-corrected chi connectivity index (χ2v) is 6.94. The molecule has 1 amide bonds. The van der Waals surface area contributed by atoms with Crippen LogP contribution in [0.5, 0.6) is 0 Å². The molecule has 3 aromatic carbocycles. The van der Waals surface area contributed by atoms with Crippen molar-refractivity contribution in [2.75, 3.05) is 0 Å². The van der Waals surface area contributed by atoms with Crippen molar-refractivity contribution in [3.05, 3.63) is 95.0 Å². The SMILES string of the molecule is O=C(C=Cc1cccc(-c2nc3ccccc3n2Cc2ccccc2Cl)c1)NO. The number of imidazole rings is 1. The summed E-state index contributed by atoms with van der Waals surface area (Å²) < 4.78 is 2.14. The Bertz CT molecular complexity index is 1210. The monoisotopic (exact) mass is 403 g/mol. The van der Waals surface area contributed by atoms with Gasteiger partial charge in [0.25, 0.3) is 5.91 Å². The Morgan fingerprint density at radius 2 is 1.86 bits per heavy atom. The summed E-state index contributed by atoms with van der Waals surface area (Å²) in [6.07, 6.45) is 2.90. The van der Waals surface area contributed by atoms with Crippen LogP contribution in [0.15, 0.2) is 78.9 Å². The van der Waals surface area contributed by atoms with Crippen LogP contribution < -0.4 is 5.48 Å². The fourth-order valence-electron chi connectivity index (χ4n) is 3.24. The van der Waals surface area contributed by atoms with Crippen LogP contribution in [0.3, 0.4) is 0 Å². The van der Waals surface area contributed by atoms with Gasteiger partial charge in [0.1, 0.15) is 5.82 Å². The summed E-state index contributed by atoms with van der Waals surface area (Å²) in [7, 11) is 0. The summed E-state index contributed by atoms with van der Waals surface area (Å²) in [6.45, 7) is 0.586. The minimum Gasteiger partial charge on any atom is -0.319 e. The number of aromatic nitrogens is 2. The summed E-state index contributed by atoms with van der Waals surface area (Å²) in [4.78, 5) is 16.1. The number of para-hydroxylation sites is 2. The Balaban J connectivity index is 1.81. The first-order chi connectivity index (χ1) is 14.2. The van der Waals surface area contributed by atoms with Gasteiger partial charge < -0.3 is 4.57 Å². The van der Waals surface area contributed by atoms with E-state index in [1.165, 1.54) is 6.08 Å². The molecule has 2 N–H and O–H groups in total. The van der Waals surface area contributed by atoms with Crippen molar-refractivity contribution >= 4 is 34.6 Å². The average Bonchev–Trinajstić information content (AvgIpc) is 3.12. The summed E-state index contributed by atoms with van der Waals surface area (Å²) >= 11 is 6.40. The van der Waals surface area contributed by atoms with E-state index in [-0.39, 0.29) is 0 Å². The number of fused-ring (bicyclic) bond motifs is 1. The number of hydrogen-bond donors (Lipinski definition) is 2. The number of hydrogen-bond acceptors (Lipinski definition) is 3. The van der Waals surface area contributed by atoms with Crippen molar-refractivity contribution in [2.24, 2.45) is 0 Å². The number of amides is 1. The van der Waals surface area contributed by atoms with E-state index in [4.69, 9.17) is 21.8 Å². The van der Waals surface area contributed by atoms with Crippen LogP contribution in [0.1, 0.15) is 11.1 Å². The van der Waals surface area contributed by atoms with Gasteiger partial charge in [-0.3, -0.25) is 10.0 Å². The Morgan fingerprint density at radius 3 is 2.69 bits per heavy atom. The van der Waals surface area contributed by atoms with Crippen LogP contribution >= 0.6 is 11.6 Å². The molecule has 1 aromatic heterocycles. The number of carbonyl (C=O) groups excluding carboxylic acids is 1. The van der Waals surface area contributed by atoms with E-state index in [2.05, 4.69) is 4.57 Å². The Labute approximate surface area is 172 Å². The fourth-order valence-corrected chi connectivity index (χ4v) is 3.44. The molecule has 0 saturated carbocycles. The Morgan fingerprint density at radius 1 is 1.07 bits per heavy atom. The average molecular weight is 404 g/mol. The van der Waals surface area contributed by atoms with Crippen molar-refractivity contribution in [2.45, 2.75) is 6.54 Å². The highest BCUT2D eigenvalue weighted by molar-refractivity contribution is 6.31. The third-order valence-corrected chi connectivity index (χ3v) is 4.99. The molecule has 4 rings (SSSR count). The number of carbonyl (C=O) groups is 1. The molecule has 1 heterocycles. The number of hydroxylamine groups is 1. The summed E-state index contributed by atoms with van der Waals surface area (Å²) in [5, 5.41) is 9.36. The van der Waals surface area contributed by atoms with Gasteiger partial charge in [-0.05, 0) is 41.5 Å². The molecule has 0 saturated heterocycles.